The quantitative estimate of drug-likeness (QED) is 0.631. The van der Waals surface area contributed by atoms with Crippen LogP contribution in [0.1, 0.15) is 30.5 Å². The van der Waals surface area contributed by atoms with Gasteiger partial charge in [-0.2, -0.15) is 0 Å². The molecule has 0 radical (unpaired) electrons. The minimum Gasteiger partial charge on any atom is -0.483 e. The molecule has 3 heterocycles. The predicted octanol–water partition coefficient (Wildman–Crippen LogP) is 3.89. The number of aliphatic hydroxyl groups excluding tert-OH is 1. The average Bonchev–Trinajstić information content (AvgIpc) is 3.29. The molecule has 0 saturated carbocycles. The van der Waals surface area contributed by atoms with Gasteiger partial charge in [0.05, 0.1) is 17.8 Å². The van der Waals surface area contributed by atoms with E-state index in [9.17, 15) is 5.11 Å². The van der Waals surface area contributed by atoms with Crippen LogP contribution >= 0.6 is 0 Å². The van der Waals surface area contributed by atoms with Crippen molar-refractivity contribution in [1.82, 2.24) is 9.88 Å². The van der Waals surface area contributed by atoms with Crippen LogP contribution in [0.25, 0.3) is 10.9 Å². The third kappa shape index (κ3) is 3.95. The van der Waals surface area contributed by atoms with Crippen molar-refractivity contribution in [1.29, 1.82) is 0 Å². The van der Waals surface area contributed by atoms with E-state index in [1.165, 1.54) is 23.8 Å². The molecule has 5 nitrogen and oxygen atoms in total. The van der Waals surface area contributed by atoms with Gasteiger partial charge in [0.15, 0.2) is 0 Å². The van der Waals surface area contributed by atoms with Gasteiger partial charge >= 0.3 is 0 Å². The molecule has 3 aromatic rings. The fourth-order valence-electron chi connectivity index (χ4n) is 5.46. The molecule has 1 aromatic heterocycles. The number of benzene rings is 2. The van der Waals surface area contributed by atoms with Crippen molar-refractivity contribution in [2.75, 3.05) is 6.61 Å². The molecule has 2 fully saturated rings. The topological polar surface area (TPSA) is 73.7 Å². The SMILES string of the molecule is O=CO.OC[C@]1(Cc2ccccc2)C[C@@H]2CC[C@H]1N2Cc1ccc2ccccc2n1. The second-order valence-corrected chi connectivity index (χ2v) is 8.41. The summed E-state index contributed by atoms with van der Waals surface area (Å²) < 4.78 is 0. The van der Waals surface area contributed by atoms with Crippen LogP contribution in [0.15, 0.2) is 66.7 Å². The number of aliphatic hydroxyl groups is 1. The van der Waals surface area contributed by atoms with Crippen molar-refractivity contribution in [3.8, 4) is 0 Å². The number of pyridine rings is 1. The lowest BCUT2D eigenvalue weighted by molar-refractivity contribution is -0.122. The van der Waals surface area contributed by atoms with Gasteiger partial charge < -0.3 is 10.2 Å². The van der Waals surface area contributed by atoms with E-state index in [2.05, 4.69) is 71.6 Å². The summed E-state index contributed by atoms with van der Waals surface area (Å²) in [4.78, 5) is 15.9. The second kappa shape index (κ2) is 8.94. The molecular weight excluding hydrogens is 376 g/mol. The highest BCUT2D eigenvalue weighted by Gasteiger charge is 2.55. The van der Waals surface area contributed by atoms with Crippen LogP contribution in [-0.2, 0) is 17.8 Å². The van der Waals surface area contributed by atoms with Crippen LogP contribution in [0.4, 0.5) is 0 Å². The summed E-state index contributed by atoms with van der Waals surface area (Å²) in [7, 11) is 0. The summed E-state index contributed by atoms with van der Waals surface area (Å²) in [5, 5.41) is 18.5. The Bertz CT molecular complexity index is 994. The first-order chi connectivity index (χ1) is 14.7. The van der Waals surface area contributed by atoms with Gasteiger partial charge in [0.1, 0.15) is 0 Å². The first-order valence-electron chi connectivity index (χ1n) is 10.5. The molecule has 5 heteroatoms. The van der Waals surface area contributed by atoms with Crippen LogP contribution in [-0.4, -0.2) is 45.3 Å². The Kier molecular flexibility index (Phi) is 6.11. The van der Waals surface area contributed by atoms with Crippen molar-refractivity contribution in [3.63, 3.8) is 0 Å². The molecule has 2 aromatic carbocycles. The Morgan fingerprint density at radius 1 is 1.03 bits per heavy atom. The first kappa shape index (κ1) is 20.5. The lowest BCUT2D eigenvalue weighted by Crippen LogP contribution is -2.41. The van der Waals surface area contributed by atoms with Crippen molar-refractivity contribution >= 4 is 17.4 Å². The molecule has 0 spiro atoms. The van der Waals surface area contributed by atoms with E-state index in [1.807, 2.05) is 0 Å². The molecule has 2 saturated heterocycles. The molecule has 3 atom stereocenters. The fraction of sp³-hybridized carbons (Fsp3) is 0.360. The monoisotopic (exact) mass is 404 g/mol. The Hall–Kier alpha value is -2.76. The Morgan fingerprint density at radius 3 is 2.53 bits per heavy atom. The summed E-state index contributed by atoms with van der Waals surface area (Å²) >= 11 is 0. The Labute approximate surface area is 177 Å². The Morgan fingerprint density at radius 2 is 1.77 bits per heavy atom. The highest BCUT2D eigenvalue weighted by Crippen LogP contribution is 2.51. The largest absolute Gasteiger partial charge is 0.483 e. The van der Waals surface area contributed by atoms with Gasteiger partial charge in [-0.15, -0.1) is 0 Å². The summed E-state index contributed by atoms with van der Waals surface area (Å²) in [6.07, 6.45) is 4.49. The van der Waals surface area contributed by atoms with E-state index >= 15 is 0 Å². The third-order valence-electron chi connectivity index (χ3n) is 6.71. The maximum Gasteiger partial charge on any atom is 0.290 e. The minimum atomic E-state index is -0.250. The number of rotatable bonds is 5. The minimum absolute atomic E-state index is 0.0128. The van der Waals surface area contributed by atoms with E-state index < -0.39 is 0 Å². The molecule has 0 aliphatic carbocycles. The van der Waals surface area contributed by atoms with Crippen LogP contribution < -0.4 is 0 Å². The zero-order valence-corrected chi connectivity index (χ0v) is 17.0. The third-order valence-corrected chi connectivity index (χ3v) is 6.71. The van der Waals surface area contributed by atoms with Crippen molar-refractivity contribution in [3.05, 3.63) is 78.0 Å². The maximum atomic E-state index is 10.4. The number of hydrogen-bond donors (Lipinski definition) is 2. The smallest absolute Gasteiger partial charge is 0.290 e. The number of carboxylic acid groups (broad SMARTS) is 1. The summed E-state index contributed by atoms with van der Waals surface area (Å²) in [5.74, 6) is 0. The van der Waals surface area contributed by atoms with Crippen LogP contribution in [0.3, 0.4) is 0 Å². The molecule has 30 heavy (non-hydrogen) atoms. The summed E-state index contributed by atoms with van der Waals surface area (Å²) in [6.45, 7) is 0.904. The number of aromatic nitrogens is 1. The lowest BCUT2D eigenvalue weighted by atomic mass is 9.70. The highest BCUT2D eigenvalue weighted by atomic mass is 16.3. The first-order valence-corrected chi connectivity index (χ1v) is 10.5. The number of carbonyl (C=O) groups is 1. The number of hydrogen-bond acceptors (Lipinski definition) is 4. The number of para-hydroxylation sites is 1. The van der Waals surface area contributed by atoms with E-state index in [-0.39, 0.29) is 18.5 Å². The van der Waals surface area contributed by atoms with E-state index in [0.717, 1.165) is 30.6 Å². The molecule has 2 aliphatic heterocycles. The van der Waals surface area contributed by atoms with E-state index in [1.54, 1.807) is 0 Å². The van der Waals surface area contributed by atoms with Crippen LogP contribution in [0, 0.1) is 5.41 Å². The average molecular weight is 405 g/mol. The standard InChI is InChI=1S/C24H26N2O.CH2O2/c27-17-24(14-18-6-2-1-3-7-18)15-21-12-13-23(24)26(21)16-20-11-10-19-8-4-5-9-22(19)25-20;2-1-3/h1-11,21,23,27H,12-17H2;1H,(H,2,3)/t21-,23+,24-;/m0./s1. The molecule has 5 rings (SSSR count). The van der Waals surface area contributed by atoms with Gasteiger partial charge in [0.25, 0.3) is 6.47 Å². The van der Waals surface area contributed by atoms with Crippen molar-refractivity contribution < 1.29 is 15.0 Å². The zero-order chi connectivity index (χ0) is 21.0. The highest BCUT2D eigenvalue weighted by molar-refractivity contribution is 5.78. The van der Waals surface area contributed by atoms with Gasteiger partial charge in [0.2, 0.25) is 0 Å². The van der Waals surface area contributed by atoms with Gasteiger partial charge in [-0.25, -0.2) is 0 Å². The number of fused-ring (bicyclic) bond motifs is 3. The van der Waals surface area contributed by atoms with Gasteiger partial charge in [-0.1, -0.05) is 54.6 Å². The number of nitrogens with zero attached hydrogens (tertiary/aromatic N) is 2. The maximum absolute atomic E-state index is 10.4. The van der Waals surface area contributed by atoms with Crippen molar-refractivity contribution in [2.24, 2.45) is 5.41 Å². The van der Waals surface area contributed by atoms with Gasteiger partial charge in [-0.3, -0.25) is 14.7 Å². The van der Waals surface area contributed by atoms with Gasteiger partial charge in [-0.05, 0) is 43.4 Å². The van der Waals surface area contributed by atoms with Crippen molar-refractivity contribution in [2.45, 2.75) is 44.3 Å². The normalized spacial score (nSPS) is 25.1. The zero-order valence-electron chi connectivity index (χ0n) is 17.0. The van der Waals surface area contributed by atoms with Gasteiger partial charge in [0, 0.05) is 29.4 Å². The fourth-order valence-corrected chi connectivity index (χ4v) is 5.46. The van der Waals surface area contributed by atoms with Crippen LogP contribution in [0.2, 0.25) is 0 Å². The lowest BCUT2D eigenvalue weighted by Gasteiger charge is -2.36. The second-order valence-electron chi connectivity index (χ2n) is 8.41. The molecule has 2 N–H and O–H groups in total. The van der Waals surface area contributed by atoms with E-state index in [0.29, 0.717) is 12.1 Å². The molecule has 0 unspecified atom stereocenters. The predicted molar refractivity (Wildman–Crippen MR) is 117 cm³/mol. The molecule has 0 amide bonds. The molecule has 156 valence electrons. The molecule has 2 aliphatic rings. The van der Waals surface area contributed by atoms with Crippen LogP contribution in [0.5, 0.6) is 0 Å². The van der Waals surface area contributed by atoms with E-state index in [4.69, 9.17) is 14.9 Å². The molecular formula is C25H28N2O3. The molecule has 2 bridgehead atoms. The Balaban J connectivity index is 0.000000687. The summed E-state index contributed by atoms with van der Waals surface area (Å²) in [5.41, 5.74) is 3.53. The summed E-state index contributed by atoms with van der Waals surface area (Å²) in [6, 6.07) is 24.3.